The van der Waals surface area contributed by atoms with Crippen LogP contribution in [0.15, 0.2) is 24.3 Å². The van der Waals surface area contributed by atoms with E-state index in [9.17, 15) is 10.2 Å². The summed E-state index contributed by atoms with van der Waals surface area (Å²) in [6, 6.07) is 12.2. The monoisotopic (exact) mass is 243 g/mol. The molecule has 0 bridgehead atoms. The first-order chi connectivity index (χ1) is 8.63. The molecular formula is C14H13NO3. The van der Waals surface area contributed by atoms with Crippen molar-refractivity contribution in [2.24, 2.45) is 5.90 Å². The molecule has 0 spiro atoms. The van der Waals surface area contributed by atoms with Gasteiger partial charge in [-0.05, 0) is 41.8 Å². The summed E-state index contributed by atoms with van der Waals surface area (Å²) in [5.74, 6) is 4.75. The molecule has 0 heterocycles. The Morgan fingerprint density at radius 2 is 2.06 bits per heavy atom. The minimum Gasteiger partial charge on any atom is -0.504 e. The first-order valence-corrected chi connectivity index (χ1v) is 5.39. The zero-order valence-electron chi connectivity index (χ0n) is 9.90. The van der Waals surface area contributed by atoms with Gasteiger partial charge in [-0.2, -0.15) is 0 Å². The lowest BCUT2D eigenvalue weighted by atomic mass is 9.98. The first kappa shape index (κ1) is 12.2. The number of hydrogen-bond donors (Lipinski definition) is 3. The van der Waals surface area contributed by atoms with Crippen molar-refractivity contribution in [3.63, 3.8) is 0 Å². The van der Waals surface area contributed by atoms with E-state index >= 15 is 0 Å². The van der Waals surface area contributed by atoms with Gasteiger partial charge in [-0.15, -0.1) is 0 Å². The predicted molar refractivity (Wildman–Crippen MR) is 66.6 cm³/mol. The quantitative estimate of drug-likeness (QED) is 0.569. The number of hydrogen-bond acceptors (Lipinski definition) is 4. The van der Waals surface area contributed by atoms with E-state index in [0.717, 1.165) is 22.3 Å². The zero-order valence-corrected chi connectivity index (χ0v) is 9.90. The molecule has 92 valence electrons. The van der Waals surface area contributed by atoms with Crippen molar-refractivity contribution in [1.29, 1.82) is 0 Å². The normalized spacial score (nSPS) is 10.1. The number of aromatic hydroxyl groups is 2. The summed E-state index contributed by atoms with van der Waals surface area (Å²) in [7, 11) is 0. The summed E-state index contributed by atoms with van der Waals surface area (Å²) in [5, 5.41) is 18.8. The third-order valence-corrected chi connectivity index (χ3v) is 2.81. The second-order valence-electron chi connectivity index (χ2n) is 3.95. The average molecular weight is 243 g/mol. The van der Waals surface area contributed by atoms with Crippen LogP contribution in [0.25, 0.3) is 11.1 Å². The van der Waals surface area contributed by atoms with E-state index in [1.165, 1.54) is 12.1 Å². The predicted octanol–water partition coefficient (Wildman–Crippen LogP) is 2.06. The van der Waals surface area contributed by atoms with Crippen molar-refractivity contribution in [3.05, 3.63) is 47.5 Å². The maximum Gasteiger partial charge on any atom is 0.158 e. The SMILES string of the molecule is Cc1c(CON)c#ccc1-c1ccc(O)c(O)c1. The van der Waals surface area contributed by atoms with Crippen LogP contribution in [-0.4, -0.2) is 10.2 Å². The van der Waals surface area contributed by atoms with Gasteiger partial charge < -0.3 is 10.2 Å². The van der Waals surface area contributed by atoms with Crippen LogP contribution in [0, 0.1) is 19.1 Å². The minimum atomic E-state index is -0.156. The fourth-order valence-electron chi connectivity index (χ4n) is 1.78. The van der Waals surface area contributed by atoms with Crippen molar-refractivity contribution in [3.8, 4) is 22.6 Å². The van der Waals surface area contributed by atoms with E-state index in [0.29, 0.717) is 0 Å². The van der Waals surface area contributed by atoms with Crippen LogP contribution in [-0.2, 0) is 11.4 Å². The zero-order chi connectivity index (χ0) is 13.1. The molecule has 4 N–H and O–H groups in total. The summed E-state index contributed by atoms with van der Waals surface area (Å²) in [6.45, 7) is 2.16. The van der Waals surface area contributed by atoms with Crippen LogP contribution in [0.4, 0.5) is 0 Å². The fourth-order valence-corrected chi connectivity index (χ4v) is 1.78. The fraction of sp³-hybridized carbons (Fsp3) is 0.143. The topological polar surface area (TPSA) is 75.7 Å². The lowest BCUT2D eigenvalue weighted by Crippen LogP contribution is -2.00. The molecule has 2 rings (SSSR count). The molecule has 0 aliphatic heterocycles. The Balaban J connectivity index is 2.50. The van der Waals surface area contributed by atoms with Crippen LogP contribution in [0.3, 0.4) is 0 Å². The second-order valence-corrected chi connectivity index (χ2v) is 3.95. The van der Waals surface area contributed by atoms with Gasteiger partial charge in [-0.1, -0.05) is 18.2 Å². The van der Waals surface area contributed by atoms with E-state index in [-0.39, 0.29) is 18.1 Å². The highest BCUT2D eigenvalue weighted by Crippen LogP contribution is 2.32. The highest BCUT2D eigenvalue weighted by Gasteiger charge is 2.08. The average Bonchev–Trinajstić information content (AvgIpc) is 2.36. The van der Waals surface area contributed by atoms with E-state index < -0.39 is 0 Å². The number of phenolic OH excluding ortho intramolecular Hbond substituents is 2. The van der Waals surface area contributed by atoms with Crippen LogP contribution in [0.2, 0.25) is 0 Å². The van der Waals surface area contributed by atoms with E-state index in [2.05, 4.69) is 17.0 Å². The molecule has 4 heteroatoms. The summed E-state index contributed by atoms with van der Waals surface area (Å²) in [6.07, 6.45) is 0. The van der Waals surface area contributed by atoms with Gasteiger partial charge >= 0.3 is 0 Å². The van der Waals surface area contributed by atoms with E-state index in [1.54, 1.807) is 12.1 Å². The molecule has 0 saturated heterocycles. The molecule has 0 saturated carbocycles. The molecule has 18 heavy (non-hydrogen) atoms. The third-order valence-electron chi connectivity index (χ3n) is 2.81. The molecule has 0 fully saturated rings. The van der Waals surface area contributed by atoms with Crippen LogP contribution in [0.1, 0.15) is 11.1 Å². The second kappa shape index (κ2) is 4.96. The highest BCUT2D eigenvalue weighted by molar-refractivity contribution is 5.70. The standard InChI is InChI=1S/C14H13NO3/c1-9-11(8-18-15)3-2-4-12(9)10-5-6-13(16)14(17)7-10/h4-7,16-17H,8,15H2,1H3. The van der Waals surface area contributed by atoms with Crippen molar-refractivity contribution >= 4 is 0 Å². The van der Waals surface area contributed by atoms with Gasteiger partial charge in [0.2, 0.25) is 0 Å². The molecular weight excluding hydrogens is 230 g/mol. The van der Waals surface area contributed by atoms with E-state index in [4.69, 9.17) is 5.90 Å². The van der Waals surface area contributed by atoms with Crippen LogP contribution in [0.5, 0.6) is 11.5 Å². The van der Waals surface area contributed by atoms with Gasteiger partial charge in [0.1, 0.15) is 6.61 Å². The molecule has 2 aromatic carbocycles. The maximum absolute atomic E-state index is 9.51. The van der Waals surface area contributed by atoms with Crippen molar-refractivity contribution in [2.45, 2.75) is 13.5 Å². The molecule has 0 aromatic heterocycles. The maximum atomic E-state index is 9.51. The Morgan fingerprint density at radius 1 is 1.28 bits per heavy atom. The van der Waals surface area contributed by atoms with Gasteiger partial charge in [0.15, 0.2) is 11.5 Å². The Labute approximate surface area is 105 Å². The number of benzene rings is 1. The van der Waals surface area contributed by atoms with Gasteiger partial charge in [0.05, 0.1) is 0 Å². The summed E-state index contributed by atoms with van der Waals surface area (Å²) in [5.41, 5.74) is 3.43. The van der Waals surface area contributed by atoms with Gasteiger partial charge in [0, 0.05) is 5.56 Å². The van der Waals surface area contributed by atoms with Crippen molar-refractivity contribution < 1.29 is 15.1 Å². The summed E-state index contributed by atoms with van der Waals surface area (Å²) >= 11 is 0. The Bertz CT molecular complexity index is 567. The van der Waals surface area contributed by atoms with Crippen molar-refractivity contribution in [1.82, 2.24) is 0 Å². The molecule has 0 atom stereocenters. The Kier molecular flexibility index (Phi) is 3.38. The Hall–Kier alpha value is -2.22. The number of phenols is 2. The first-order valence-electron chi connectivity index (χ1n) is 5.39. The molecule has 0 aliphatic rings. The smallest absolute Gasteiger partial charge is 0.158 e. The van der Waals surface area contributed by atoms with Gasteiger partial charge in [-0.3, -0.25) is 4.84 Å². The summed E-state index contributed by atoms with van der Waals surface area (Å²) in [4.78, 5) is 4.60. The van der Waals surface area contributed by atoms with Gasteiger partial charge in [0.25, 0.3) is 0 Å². The highest BCUT2D eigenvalue weighted by atomic mass is 16.6. The lowest BCUT2D eigenvalue weighted by Gasteiger charge is -2.09. The number of rotatable bonds is 3. The molecule has 0 amide bonds. The molecule has 2 aromatic rings. The summed E-state index contributed by atoms with van der Waals surface area (Å²) < 4.78 is 0. The minimum absolute atomic E-state index is 0.145. The third kappa shape index (κ3) is 2.23. The largest absolute Gasteiger partial charge is 0.504 e. The molecule has 4 nitrogen and oxygen atoms in total. The van der Waals surface area contributed by atoms with Crippen molar-refractivity contribution in [2.75, 3.05) is 0 Å². The van der Waals surface area contributed by atoms with Crippen LogP contribution < -0.4 is 5.90 Å². The van der Waals surface area contributed by atoms with E-state index in [1.807, 2.05) is 6.92 Å². The lowest BCUT2D eigenvalue weighted by molar-refractivity contribution is 0.123. The van der Waals surface area contributed by atoms with Gasteiger partial charge in [-0.25, -0.2) is 5.90 Å². The number of nitrogens with two attached hydrogens (primary N) is 1. The molecule has 0 unspecified atom stereocenters. The Morgan fingerprint density at radius 3 is 2.72 bits per heavy atom. The molecule has 0 radical (unpaired) electrons. The molecule has 0 aliphatic carbocycles. The van der Waals surface area contributed by atoms with Crippen LogP contribution >= 0.6 is 0 Å².